The molecule has 0 spiro atoms. The first-order valence-electron chi connectivity index (χ1n) is 10.8. The third kappa shape index (κ3) is 5.06. The highest BCUT2D eigenvalue weighted by atomic mass is 16.5. The van der Waals surface area contributed by atoms with E-state index in [1.54, 1.807) is 7.11 Å². The van der Waals surface area contributed by atoms with E-state index in [0.717, 1.165) is 62.8 Å². The fourth-order valence-electron chi connectivity index (χ4n) is 4.63. The van der Waals surface area contributed by atoms with E-state index in [2.05, 4.69) is 17.1 Å². The van der Waals surface area contributed by atoms with E-state index in [4.69, 9.17) is 4.74 Å². The Balaban J connectivity index is 1.44. The Morgan fingerprint density at radius 3 is 2.36 bits per heavy atom. The lowest BCUT2D eigenvalue weighted by Crippen LogP contribution is -2.47. The Kier molecular flexibility index (Phi) is 7.35. The van der Waals surface area contributed by atoms with Gasteiger partial charge in [0.05, 0.1) is 7.11 Å². The van der Waals surface area contributed by atoms with E-state index in [9.17, 15) is 9.59 Å². The number of benzene rings is 1. The van der Waals surface area contributed by atoms with Crippen molar-refractivity contribution in [3.8, 4) is 5.75 Å². The third-order valence-electron chi connectivity index (χ3n) is 6.45. The molecule has 0 radical (unpaired) electrons. The van der Waals surface area contributed by atoms with Gasteiger partial charge in [0, 0.05) is 31.0 Å². The van der Waals surface area contributed by atoms with Crippen LogP contribution in [0.1, 0.15) is 63.9 Å². The van der Waals surface area contributed by atoms with Gasteiger partial charge in [-0.25, -0.2) is 0 Å². The van der Waals surface area contributed by atoms with Crippen LogP contribution in [-0.4, -0.2) is 36.4 Å². The predicted molar refractivity (Wildman–Crippen MR) is 110 cm³/mol. The summed E-state index contributed by atoms with van der Waals surface area (Å²) in [6.07, 6.45) is 7.87. The summed E-state index contributed by atoms with van der Waals surface area (Å²) >= 11 is 0. The predicted octanol–water partition coefficient (Wildman–Crippen LogP) is 3.91. The van der Waals surface area contributed by atoms with Gasteiger partial charge in [-0.3, -0.25) is 9.59 Å². The number of methoxy groups -OCH3 is 1. The highest BCUT2D eigenvalue weighted by Crippen LogP contribution is 2.32. The maximum atomic E-state index is 13.0. The Morgan fingerprint density at radius 1 is 1.04 bits per heavy atom. The van der Waals surface area contributed by atoms with Gasteiger partial charge < -0.3 is 15.0 Å². The molecule has 2 aliphatic rings. The van der Waals surface area contributed by atoms with Gasteiger partial charge in [0.15, 0.2) is 0 Å². The lowest BCUT2D eigenvalue weighted by Gasteiger charge is -2.39. The van der Waals surface area contributed by atoms with Crippen molar-refractivity contribution in [1.29, 1.82) is 0 Å². The zero-order valence-corrected chi connectivity index (χ0v) is 17.3. The molecule has 1 N–H and O–H groups in total. The molecule has 0 aromatic heterocycles. The van der Waals surface area contributed by atoms with Gasteiger partial charge in [0.1, 0.15) is 5.75 Å². The number of hydrogen-bond donors (Lipinski definition) is 1. The van der Waals surface area contributed by atoms with Crippen LogP contribution in [0.25, 0.3) is 0 Å². The van der Waals surface area contributed by atoms with Gasteiger partial charge >= 0.3 is 0 Å². The Hall–Kier alpha value is -2.04. The molecule has 1 aliphatic carbocycles. The Morgan fingerprint density at radius 2 is 1.71 bits per heavy atom. The standard InChI is InChI=1S/C23H34N2O3/c1-3-20-6-4-5-15-25(20)23(27)19-11-9-18(10-12-19)22(26)24-16-17-7-13-21(28-2)14-8-17/h7-8,13-14,18-20H,3-6,9-12,15-16H2,1-2H3,(H,24,26). The van der Waals surface area contributed by atoms with E-state index in [-0.39, 0.29) is 17.7 Å². The monoisotopic (exact) mass is 386 g/mol. The molecule has 1 saturated heterocycles. The van der Waals surface area contributed by atoms with Gasteiger partial charge in [-0.2, -0.15) is 0 Å². The second-order valence-corrected chi connectivity index (χ2v) is 8.20. The van der Waals surface area contributed by atoms with Crippen molar-refractivity contribution in [3.63, 3.8) is 0 Å². The van der Waals surface area contributed by atoms with Crippen LogP contribution in [-0.2, 0) is 16.1 Å². The van der Waals surface area contributed by atoms with E-state index >= 15 is 0 Å². The number of likely N-dealkylation sites (tertiary alicyclic amines) is 1. The molecule has 1 atom stereocenters. The maximum Gasteiger partial charge on any atom is 0.225 e. The minimum Gasteiger partial charge on any atom is -0.497 e. The lowest BCUT2D eigenvalue weighted by atomic mass is 9.80. The molecule has 28 heavy (non-hydrogen) atoms. The number of rotatable bonds is 6. The molecule has 154 valence electrons. The minimum atomic E-state index is 0.0330. The van der Waals surface area contributed by atoms with Crippen LogP contribution in [0, 0.1) is 11.8 Å². The average molecular weight is 387 g/mol. The molecule has 2 fully saturated rings. The Bertz CT molecular complexity index is 650. The van der Waals surface area contributed by atoms with Gasteiger partial charge in [-0.15, -0.1) is 0 Å². The molecule has 1 saturated carbocycles. The fraction of sp³-hybridized carbons (Fsp3) is 0.652. The number of piperidine rings is 1. The molecular weight excluding hydrogens is 352 g/mol. The van der Waals surface area contributed by atoms with Crippen LogP contribution in [0.2, 0.25) is 0 Å². The molecule has 1 aromatic carbocycles. The zero-order valence-electron chi connectivity index (χ0n) is 17.3. The van der Waals surface area contributed by atoms with Crippen molar-refractivity contribution in [1.82, 2.24) is 10.2 Å². The van der Waals surface area contributed by atoms with Crippen LogP contribution in [0.3, 0.4) is 0 Å². The van der Waals surface area contributed by atoms with Crippen molar-refractivity contribution in [2.45, 2.75) is 70.9 Å². The quantitative estimate of drug-likeness (QED) is 0.806. The van der Waals surface area contributed by atoms with Crippen molar-refractivity contribution < 1.29 is 14.3 Å². The molecule has 1 unspecified atom stereocenters. The molecule has 0 bridgehead atoms. The molecule has 1 heterocycles. The maximum absolute atomic E-state index is 13.0. The second-order valence-electron chi connectivity index (χ2n) is 8.20. The second kappa shape index (κ2) is 9.94. The van der Waals surface area contributed by atoms with Gasteiger partial charge in [-0.05, 0) is 69.1 Å². The smallest absolute Gasteiger partial charge is 0.225 e. The average Bonchev–Trinajstić information content (AvgIpc) is 2.77. The van der Waals surface area contributed by atoms with Crippen molar-refractivity contribution in [2.24, 2.45) is 11.8 Å². The lowest BCUT2D eigenvalue weighted by molar-refractivity contribution is -0.142. The number of hydrogen-bond acceptors (Lipinski definition) is 3. The van der Waals surface area contributed by atoms with Crippen LogP contribution in [0.4, 0.5) is 0 Å². The summed E-state index contributed by atoms with van der Waals surface area (Å²) < 4.78 is 5.16. The van der Waals surface area contributed by atoms with Gasteiger partial charge in [0.25, 0.3) is 0 Å². The topological polar surface area (TPSA) is 58.6 Å². The van der Waals surface area contributed by atoms with Crippen molar-refractivity contribution in [3.05, 3.63) is 29.8 Å². The van der Waals surface area contributed by atoms with Gasteiger partial charge in [0.2, 0.25) is 11.8 Å². The van der Waals surface area contributed by atoms with Crippen molar-refractivity contribution >= 4 is 11.8 Å². The first-order chi connectivity index (χ1) is 13.6. The van der Waals surface area contributed by atoms with Gasteiger partial charge in [-0.1, -0.05) is 19.1 Å². The molecule has 1 aromatic rings. The first kappa shape index (κ1) is 20.7. The third-order valence-corrected chi connectivity index (χ3v) is 6.45. The number of carbonyl (C=O) groups is 2. The molecule has 3 rings (SSSR count). The largest absolute Gasteiger partial charge is 0.497 e. The summed E-state index contributed by atoms with van der Waals surface area (Å²) in [5.74, 6) is 1.41. The SMILES string of the molecule is CCC1CCCCN1C(=O)C1CCC(C(=O)NCc2ccc(OC)cc2)CC1. The van der Waals surface area contributed by atoms with E-state index in [1.165, 1.54) is 6.42 Å². The summed E-state index contributed by atoms with van der Waals surface area (Å²) in [5, 5.41) is 3.05. The summed E-state index contributed by atoms with van der Waals surface area (Å²) in [7, 11) is 1.64. The number of carbonyl (C=O) groups excluding carboxylic acids is 2. The Labute approximate surface area is 168 Å². The highest BCUT2D eigenvalue weighted by molar-refractivity contribution is 5.81. The number of nitrogens with zero attached hydrogens (tertiary/aromatic N) is 1. The van der Waals surface area contributed by atoms with E-state index < -0.39 is 0 Å². The van der Waals surface area contributed by atoms with E-state index in [0.29, 0.717) is 18.5 Å². The van der Waals surface area contributed by atoms with Crippen LogP contribution < -0.4 is 10.1 Å². The fourth-order valence-corrected chi connectivity index (χ4v) is 4.63. The molecule has 5 nitrogen and oxygen atoms in total. The molecule has 1 aliphatic heterocycles. The number of ether oxygens (including phenoxy) is 1. The summed E-state index contributed by atoms with van der Waals surface area (Å²) in [6.45, 7) is 3.63. The van der Waals surface area contributed by atoms with Crippen LogP contribution >= 0.6 is 0 Å². The minimum absolute atomic E-state index is 0.0330. The molecular formula is C23H34N2O3. The molecule has 2 amide bonds. The first-order valence-corrected chi connectivity index (χ1v) is 10.8. The summed E-state index contributed by atoms with van der Waals surface area (Å²) in [4.78, 5) is 27.7. The number of amides is 2. The van der Waals surface area contributed by atoms with Crippen LogP contribution in [0.5, 0.6) is 5.75 Å². The molecule has 5 heteroatoms. The van der Waals surface area contributed by atoms with Crippen LogP contribution in [0.15, 0.2) is 24.3 Å². The summed E-state index contributed by atoms with van der Waals surface area (Å²) in [5.41, 5.74) is 1.06. The normalized spacial score (nSPS) is 25.2. The number of nitrogens with one attached hydrogen (secondary N) is 1. The summed E-state index contributed by atoms with van der Waals surface area (Å²) in [6, 6.07) is 8.17. The highest BCUT2D eigenvalue weighted by Gasteiger charge is 2.34. The van der Waals surface area contributed by atoms with Crippen molar-refractivity contribution in [2.75, 3.05) is 13.7 Å². The van der Waals surface area contributed by atoms with E-state index in [1.807, 2.05) is 24.3 Å². The zero-order chi connectivity index (χ0) is 19.9.